The lowest BCUT2D eigenvalue weighted by molar-refractivity contribution is -0.419. The third-order valence-electron chi connectivity index (χ3n) is 2.45. The highest BCUT2D eigenvalue weighted by Crippen LogP contribution is 2.27. The smallest absolute Gasteiger partial charge is 0.267 e. The molecule has 0 radical (unpaired) electrons. The molecule has 1 rings (SSSR count). The number of allylic oxidation sites excluding steroid dienone is 2. The third-order valence-corrected chi connectivity index (χ3v) is 2.98. The first-order chi connectivity index (χ1) is 8.37. The number of nitro groups is 1. The van der Waals surface area contributed by atoms with Crippen LogP contribution in [0.15, 0.2) is 23.9 Å². The van der Waals surface area contributed by atoms with Crippen LogP contribution < -0.4 is 5.73 Å². The van der Waals surface area contributed by atoms with E-state index in [0.29, 0.717) is 0 Å². The Morgan fingerprint density at radius 1 is 1.56 bits per heavy atom. The molecule has 0 saturated heterocycles. The number of hydrogen-bond acceptors (Lipinski definition) is 4. The lowest BCUT2D eigenvalue weighted by atomic mass is 9.97. The molecular weight excluding hydrogens is 252 g/mol. The van der Waals surface area contributed by atoms with E-state index in [2.05, 4.69) is 26.5 Å². The van der Waals surface area contributed by atoms with Crippen LogP contribution in [0.25, 0.3) is 0 Å². The van der Waals surface area contributed by atoms with E-state index >= 15 is 0 Å². The summed E-state index contributed by atoms with van der Waals surface area (Å²) in [6.07, 6.45) is 8.36. The second kappa shape index (κ2) is 7.92. The standard InChI is InChI=1S/C7H8N2O3S.C5H12/c8-6(10)7(13)3-1-2-5(4-7)9(11)12;1-3-5-4-2/h1-2,4,13H,3H2,(H2,8,10);3-5H2,1-2H3. The van der Waals surface area contributed by atoms with Gasteiger partial charge < -0.3 is 5.73 Å². The molecular formula is C12H20N2O3S. The Kier molecular flexibility index (Phi) is 7.35. The minimum absolute atomic E-state index is 0.153. The van der Waals surface area contributed by atoms with Gasteiger partial charge in [-0.05, 0) is 6.42 Å². The van der Waals surface area contributed by atoms with E-state index < -0.39 is 15.6 Å². The van der Waals surface area contributed by atoms with E-state index in [1.54, 1.807) is 0 Å². The van der Waals surface area contributed by atoms with Gasteiger partial charge in [-0.3, -0.25) is 14.9 Å². The molecule has 6 heteroatoms. The van der Waals surface area contributed by atoms with Crippen molar-refractivity contribution in [3.05, 3.63) is 34.0 Å². The summed E-state index contributed by atoms with van der Waals surface area (Å²) in [5.41, 5.74) is 4.89. The minimum atomic E-state index is -1.23. The molecule has 0 fully saturated rings. The lowest BCUT2D eigenvalue weighted by Gasteiger charge is -2.20. The molecule has 102 valence electrons. The van der Waals surface area contributed by atoms with Gasteiger partial charge in [0, 0.05) is 12.2 Å². The molecule has 0 heterocycles. The van der Waals surface area contributed by atoms with Crippen molar-refractivity contribution in [1.82, 2.24) is 0 Å². The van der Waals surface area contributed by atoms with E-state index in [4.69, 9.17) is 5.73 Å². The maximum Gasteiger partial charge on any atom is 0.267 e. The maximum atomic E-state index is 10.9. The largest absolute Gasteiger partial charge is 0.368 e. The molecule has 0 bridgehead atoms. The molecule has 0 saturated carbocycles. The summed E-state index contributed by atoms with van der Waals surface area (Å²) in [6.45, 7) is 4.42. The Hall–Kier alpha value is -1.30. The number of carbonyl (C=O) groups is 1. The van der Waals surface area contributed by atoms with Gasteiger partial charge in [-0.25, -0.2) is 0 Å². The molecule has 0 aromatic carbocycles. The average Bonchev–Trinajstić information content (AvgIpc) is 2.30. The van der Waals surface area contributed by atoms with Crippen molar-refractivity contribution >= 4 is 18.5 Å². The van der Waals surface area contributed by atoms with Crippen LogP contribution in [-0.4, -0.2) is 15.6 Å². The quantitative estimate of drug-likeness (QED) is 0.468. The molecule has 1 aliphatic carbocycles. The van der Waals surface area contributed by atoms with Crippen LogP contribution in [0.3, 0.4) is 0 Å². The van der Waals surface area contributed by atoms with Crippen LogP contribution in [-0.2, 0) is 4.79 Å². The fourth-order valence-corrected chi connectivity index (χ4v) is 1.59. The number of unbranched alkanes of at least 4 members (excludes halogenated alkanes) is 2. The number of primary amides is 1. The second-order valence-corrected chi connectivity index (χ2v) is 4.87. The molecule has 2 N–H and O–H groups in total. The fraction of sp³-hybridized carbons (Fsp3) is 0.583. The van der Waals surface area contributed by atoms with Crippen molar-refractivity contribution in [3.8, 4) is 0 Å². The SMILES string of the molecule is CCCCC.NC(=O)C1(S)C=C([N+](=O)[O-])C=CC1. The first kappa shape index (κ1) is 16.7. The van der Waals surface area contributed by atoms with Gasteiger partial charge in [0.2, 0.25) is 5.91 Å². The molecule has 1 atom stereocenters. The van der Waals surface area contributed by atoms with Crippen molar-refractivity contribution in [2.24, 2.45) is 5.73 Å². The molecule has 0 aromatic heterocycles. The third kappa shape index (κ3) is 5.35. The molecule has 1 aliphatic rings. The summed E-state index contributed by atoms with van der Waals surface area (Å²) in [5.74, 6) is -0.681. The fourth-order valence-electron chi connectivity index (χ4n) is 1.35. The highest BCUT2D eigenvalue weighted by molar-refractivity contribution is 7.83. The number of thiol groups is 1. The molecule has 1 unspecified atom stereocenters. The number of rotatable bonds is 4. The number of hydrogen-bond donors (Lipinski definition) is 2. The molecule has 0 aromatic rings. The van der Waals surface area contributed by atoms with Gasteiger partial charge >= 0.3 is 0 Å². The highest BCUT2D eigenvalue weighted by atomic mass is 32.1. The molecule has 1 amide bonds. The van der Waals surface area contributed by atoms with Gasteiger partial charge in [-0.2, -0.15) is 12.6 Å². The Morgan fingerprint density at radius 2 is 2.11 bits per heavy atom. The van der Waals surface area contributed by atoms with Crippen LogP contribution in [0.4, 0.5) is 0 Å². The zero-order valence-corrected chi connectivity index (χ0v) is 11.7. The highest BCUT2D eigenvalue weighted by Gasteiger charge is 2.34. The Bertz CT molecular complexity index is 364. The molecule has 0 spiro atoms. The summed E-state index contributed by atoms with van der Waals surface area (Å²) in [5, 5.41) is 10.4. The van der Waals surface area contributed by atoms with E-state index in [9.17, 15) is 14.9 Å². The number of nitrogens with two attached hydrogens (primary N) is 1. The van der Waals surface area contributed by atoms with Gasteiger partial charge in [0.1, 0.15) is 4.75 Å². The van der Waals surface area contributed by atoms with Crippen LogP contribution in [0.2, 0.25) is 0 Å². The van der Waals surface area contributed by atoms with E-state index in [1.807, 2.05) is 0 Å². The number of nitrogens with zero attached hydrogens (tertiary/aromatic N) is 1. The van der Waals surface area contributed by atoms with Crippen molar-refractivity contribution < 1.29 is 9.72 Å². The van der Waals surface area contributed by atoms with Crippen molar-refractivity contribution in [2.75, 3.05) is 0 Å². The van der Waals surface area contributed by atoms with Gasteiger partial charge in [0.25, 0.3) is 5.70 Å². The van der Waals surface area contributed by atoms with E-state index in [-0.39, 0.29) is 12.1 Å². The zero-order valence-electron chi connectivity index (χ0n) is 10.8. The summed E-state index contributed by atoms with van der Waals surface area (Å²) < 4.78 is -1.23. The summed E-state index contributed by atoms with van der Waals surface area (Å²) in [6, 6.07) is 0. The minimum Gasteiger partial charge on any atom is -0.368 e. The Morgan fingerprint density at radius 3 is 2.44 bits per heavy atom. The normalized spacial score (nSPS) is 21.6. The first-order valence-corrected chi connectivity index (χ1v) is 6.38. The van der Waals surface area contributed by atoms with Gasteiger partial charge in [-0.1, -0.05) is 39.2 Å². The van der Waals surface area contributed by atoms with Crippen molar-refractivity contribution in [1.29, 1.82) is 0 Å². The topological polar surface area (TPSA) is 86.2 Å². The first-order valence-electron chi connectivity index (χ1n) is 5.93. The van der Waals surface area contributed by atoms with Gasteiger partial charge in [0.05, 0.1) is 4.92 Å². The lowest BCUT2D eigenvalue weighted by Crippen LogP contribution is -2.38. The molecule has 0 aliphatic heterocycles. The molecule has 18 heavy (non-hydrogen) atoms. The van der Waals surface area contributed by atoms with Crippen LogP contribution in [0.1, 0.15) is 39.5 Å². The molecule has 5 nitrogen and oxygen atoms in total. The Labute approximate surface area is 113 Å². The summed E-state index contributed by atoms with van der Waals surface area (Å²) in [7, 11) is 0. The Balaban J connectivity index is 0.000000494. The maximum absolute atomic E-state index is 10.9. The average molecular weight is 272 g/mol. The van der Waals surface area contributed by atoms with Gasteiger partial charge in [-0.15, -0.1) is 0 Å². The zero-order chi connectivity index (χ0) is 14.2. The van der Waals surface area contributed by atoms with Crippen molar-refractivity contribution in [3.63, 3.8) is 0 Å². The monoisotopic (exact) mass is 272 g/mol. The van der Waals surface area contributed by atoms with Crippen molar-refractivity contribution in [2.45, 2.75) is 44.3 Å². The van der Waals surface area contributed by atoms with Crippen LogP contribution in [0, 0.1) is 10.1 Å². The van der Waals surface area contributed by atoms with Crippen LogP contribution >= 0.6 is 12.6 Å². The van der Waals surface area contributed by atoms with Crippen LogP contribution in [0.5, 0.6) is 0 Å². The summed E-state index contributed by atoms with van der Waals surface area (Å²) >= 11 is 3.99. The van der Waals surface area contributed by atoms with E-state index in [0.717, 1.165) is 0 Å². The summed E-state index contributed by atoms with van der Waals surface area (Å²) in [4.78, 5) is 20.7. The van der Waals surface area contributed by atoms with Gasteiger partial charge in [0.15, 0.2) is 0 Å². The predicted octanol–water partition coefficient (Wildman–Crippen LogP) is 2.46. The number of amides is 1. The second-order valence-electron chi connectivity index (χ2n) is 4.07. The predicted molar refractivity (Wildman–Crippen MR) is 74.9 cm³/mol. The number of carbonyl (C=O) groups excluding carboxylic acids is 1. The van der Waals surface area contributed by atoms with E-state index in [1.165, 1.54) is 37.5 Å².